The van der Waals surface area contributed by atoms with Gasteiger partial charge >= 0.3 is 0 Å². The van der Waals surface area contributed by atoms with Gasteiger partial charge in [0.1, 0.15) is 6.23 Å². The highest BCUT2D eigenvalue weighted by Crippen LogP contribution is 2.05. The van der Waals surface area contributed by atoms with Gasteiger partial charge in [0, 0.05) is 13.5 Å². The standard InChI is InChI=1S/C11H17NO2/c1-3-14-12(2)11(13)9-10-7-5-4-6-8-10/h4-8,11,13H,3,9H2,1-2H3. The Labute approximate surface area is 84.9 Å². The molecule has 3 heteroatoms. The van der Waals surface area contributed by atoms with E-state index in [9.17, 15) is 5.11 Å². The number of hydrogen-bond acceptors (Lipinski definition) is 3. The number of aliphatic hydroxyl groups excluding tert-OH is 1. The van der Waals surface area contributed by atoms with Crippen molar-refractivity contribution in [2.24, 2.45) is 0 Å². The molecular formula is C11H17NO2. The molecule has 0 radical (unpaired) electrons. The number of benzene rings is 1. The van der Waals surface area contributed by atoms with Crippen molar-refractivity contribution in [1.82, 2.24) is 5.06 Å². The zero-order chi connectivity index (χ0) is 10.4. The molecule has 78 valence electrons. The molecule has 0 aliphatic rings. The molecule has 1 unspecified atom stereocenters. The first-order valence-electron chi connectivity index (χ1n) is 4.81. The lowest BCUT2D eigenvalue weighted by Gasteiger charge is -2.21. The van der Waals surface area contributed by atoms with Crippen molar-refractivity contribution in [3.05, 3.63) is 35.9 Å². The average Bonchev–Trinajstić information content (AvgIpc) is 2.19. The smallest absolute Gasteiger partial charge is 0.133 e. The van der Waals surface area contributed by atoms with Gasteiger partial charge in [-0.25, -0.2) is 0 Å². The van der Waals surface area contributed by atoms with Crippen molar-refractivity contribution < 1.29 is 9.94 Å². The van der Waals surface area contributed by atoms with Crippen LogP contribution in [-0.4, -0.2) is 30.1 Å². The van der Waals surface area contributed by atoms with Crippen molar-refractivity contribution in [3.63, 3.8) is 0 Å². The third-order valence-corrected chi connectivity index (χ3v) is 2.01. The average molecular weight is 195 g/mol. The molecule has 0 saturated carbocycles. The maximum atomic E-state index is 9.70. The lowest BCUT2D eigenvalue weighted by molar-refractivity contribution is -0.218. The van der Waals surface area contributed by atoms with E-state index in [1.807, 2.05) is 37.3 Å². The van der Waals surface area contributed by atoms with Crippen LogP contribution in [0.25, 0.3) is 0 Å². The van der Waals surface area contributed by atoms with Gasteiger partial charge in [-0.05, 0) is 12.5 Å². The molecule has 0 fully saturated rings. The fraction of sp³-hybridized carbons (Fsp3) is 0.455. The van der Waals surface area contributed by atoms with Gasteiger partial charge in [0.05, 0.1) is 6.61 Å². The van der Waals surface area contributed by atoms with Gasteiger partial charge in [-0.3, -0.25) is 4.84 Å². The van der Waals surface area contributed by atoms with Gasteiger partial charge in [0.2, 0.25) is 0 Å². The van der Waals surface area contributed by atoms with Crippen LogP contribution in [0, 0.1) is 0 Å². The van der Waals surface area contributed by atoms with Crippen LogP contribution in [0.4, 0.5) is 0 Å². The Balaban J connectivity index is 2.44. The fourth-order valence-electron chi connectivity index (χ4n) is 1.24. The van der Waals surface area contributed by atoms with Gasteiger partial charge in [-0.15, -0.1) is 0 Å². The number of hydroxylamine groups is 2. The van der Waals surface area contributed by atoms with E-state index in [-0.39, 0.29) is 0 Å². The molecule has 0 spiro atoms. The van der Waals surface area contributed by atoms with Crippen molar-refractivity contribution in [2.75, 3.05) is 13.7 Å². The van der Waals surface area contributed by atoms with Crippen LogP contribution in [0.2, 0.25) is 0 Å². The summed E-state index contributed by atoms with van der Waals surface area (Å²) < 4.78 is 0. The van der Waals surface area contributed by atoms with E-state index in [1.54, 1.807) is 7.05 Å². The van der Waals surface area contributed by atoms with Gasteiger partial charge in [0.15, 0.2) is 0 Å². The van der Waals surface area contributed by atoms with E-state index in [1.165, 1.54) is 5.06 Å². The number of likely N-dealkylation sites (N-methyl/N-ethyl adjacent to an activating group) is 1. The zero-order valence-corrected chi connectivity index (χ0v) is 8.68. The molecule has 0 saturated heterocycles. The second kappa shape index (κ2) is 5.75. The van der Waals surface area contributed by atoms with Gasteiger partial charge < -0.3 is 5.11 Å². The highest BCUT2D eigenvalue weighted by atomic mass is 16.7. The number of rotatable bonds is 5. The van der Waals surface area contributed by atoms with E-state index in [0.29, 0.717) is 13.0 Å². The topological polar surface area (TPSA) is 32.7 Å². The zero-order valence-electron chi connectivity index (χ0n) is 8.68. The minimum Gasteiger partial charge on any atom is -0.376 e. The van der Waals surface area contributed by atoms with Gasteiger partial charge in [0.25, 0.3) is 0 Å². The Morgan fingerprint density at radius 1 is 1.36 bits per heavy atom. The van der Waals surface area contributed by atoms with Crippen molar-refractivity contribution in [3.8, 4) is 0 Å². The minimum atomic E-state index is -0.586. The second-order valence-electron chi connectivity index (χ2n) is 3.13. The van der Waals surface area contributed by atoms with Gasteiger partial charge in [-0.1, -0.05) is 30.3 Å². The highest BCUT2D eigenvalue weighted by molar-refractivity contribution is 5.15. The molecule has 1 aromatic carbocycles. The fourth-order valence-corrected chi connectivity index (χ4v) is 1.24. The van der Waals surface area contributed by atoms with Crippen LogP contribution in [0.1, 0.15) is 12.5 Å². The summed E-state index contributed by atoms with van der Waals surface area (Å²) in [5.74, 6) is 0. The van der Waals surface area contributed by atoms with Crippen molar-refractivity contribution in [2.45, 2.75) is 19.6 Å². The predicted octanol–water partition coefficient (Wildman–Crippen LogP) is 1.43. The maximum Gasteiger partial charge on any atom is 0.133 e. The Bertz CT molecular complexity index is 251. The molecule has 14 heavy (non-hydrogen) atoms. The second-order valence-corrected chi connectivity index (χ2v) is 3.13. The third kappa shape index (κ3) is 3.46. The molecule has 1 atom stereocenters. The largest absolute Gasteiger partial charge is 0.376 e. The Morgan fingerprint density at radius 3 is 2.57 bits per heavy atom. The molecular weight excluding hydrogens is 178 g/mol. The summed E-state index contributed by atoms with van der Waals surface area (Å²) in [4.78, 5) is 5.16. The van der Waals surface area contributed by atoms with Crippen molar-refractivity contribution >= 4 is 0 Å². The summed E-state index contributed by atoms with van der Waals surface area (Å²) in [5, 5.41) is 11.2. The molecule has 0 heterocycles. The van der Waals surface area contributed by atoms with Crippen molar-refractivity contribution in [1.29, 1.82) is 0 Å². The maximum absolute atomic E-state index is 9.70. The molecule has 3 nitrogen and oxygen atoms in total. The van der Waals surface area contributed by atoms with Crippen LogP contribution in [0.3, 0.4) is 0 Å². The minimum absolute atomic E-state index is 0.572. The predicted molar refractivity (Wildman–Crippen MR) is 55.5 cm³/mol. The van der Waals surface area contributed by atoms with E-state index >= 15 is 0 Å². The van der Waals surface area contributed by atoms with E-state index < -0.39 is 6.23 Å². The van der Waals surface area contributed by atoms with E-state index in [2.05, 4.69) is 0 Å². The SMILES string of the molecule is CCON(C)C(O)Cc1ccccc1. The van der Waals surface area contributed by atoms with Crippen LogP contribution in [-0.2, 0) is 11.3 Å². The molecule has 0 aromatic heterocycles. The first kappa shape index (κ1) is 11.2. The lowest BCUT2D eigenvalue weighted by Crippen LogP contribution is -2.33. The van der Waals surface area contributed by atoms with Crippen LogP contribution < -0.4 is 0 Å². The number of nitrogens with zero attached hydrogens (tertiary/aromatic N) is 1. The van der Waals surface area contributed by atoms with E-state index in [4.69, 9.17) is 4.84 Å². The van der Waals surface area contributed by atoms with E-state index in [0.717, 1.165) is 5.56 Å². The summed E-state index contributed by atoms with van der Waals surface area (Å²) in [6, 6.07) is 9.86. The monoisotopic (exact) mass is 195 g/mol. The molecule has 1 rings (SSSR count). The Kier molecular flexibility index (Phi) is 4.59. The summed E-state index contributed by atoms with van der Waals surface area (Å²) in [6.07, 6.45) is -0.00509. The quantitative estimate of drug-likeness (QED) is 0.570. The highest BCUT2D eigenvalue weighted by Gasteiger charge is 2.11. The summed E-state index contributed by atoms with van der Waals surface area (Å²) >= 11 is 0. The lowest BCUT2D eigenvalue weighted by atomic mass is 10.1. The molecule has 0 amide bonds. The number of hydrogen-bond donors (Lipinski definition) is 1. The van der Waals surface area contributed by atoms with Gasteiger partial charge in [-0.2, -0.15) is 5.06 Å². The molecule has 1 N–H and O–H groups in total. The van der Waals surface area contributed by atoms with Crippen LogP contribution in [0.15, 0.2) is 30.3 Å². The summed E-state index contributed by atoms with van der Waals surface area (Å²) in [7, 11) is 1.73. The molecule has 1 aromatic rings. The van der Waals surface area contributed by atoms with Crippen LogP contribution in [0.5, 0.6) is 0 Å². The van der Waals surface area contributed by atoms with Crippen LogP contribution >= 0.6 is 0 Å². The Morgan fingerprint density at radius 2 is 2.00 bits per heavy atom. The normalized spacial score (nSPS) is 13.1. The Hall–Kier alpha value is -0.900. The molecule has 0 aliphatic heterocycles. The number of aliphatic hydroxyl groups is 1. The third-order valence-electron chi connectivity index (χ3n) is 2.01. The first-order chi connectivity index (χ1) is 6.74. The summed E-state index contributed by atoms with van der Waals surface area (Å²) in [6.45, 7) is 2.47. The molecule has 0 aliphatic carbocycles. The summed E-state index contributed by atoms with van der Waals surface area (Å²) in [5.41, 5.74) is 1.10. The first-order valence-corrected chi connectivity index (χ1v) is 4.81. The molecule has 0 bridgehead atoms.